The minimum Gasteiger partial charge on any atom is -0.357 e. The Morgan fingerprint density at radius 3 is 2.69 bits per heavy atom. The first-order valence-corrected chi connectivity index (χ1v) is 11.4. The summed E-state index contributed by atoms with van der Waals surface area (Å²) in [4.78, 5) is 12.0. The number of halogens is 1. The van der Waals surface area contributed by atoms with Crippen LogP contribution in [0.25, 0.3) is 10.9 Å². The third-order valence-corrected chi connectivity index (χ3v) is 6.05. The molecule has 6 heteroatoms. The van der Waals surface area contributed by atoms with E-state index in [0.29, 0.717) is 18.6 Å². The van der Waals surface area contributed by atoms with Crippen LogP contribution in [0.3, 0.4) is 0 Å². The van der Waals surface area contributed by atoms with Crippen LogP contribution in [-0.4, -0.2) is 41.0 Å². The molecule has 32 heavy (non-hydrogen) atoms. The highest BCUT2D eigenvalue weighted by molar-refractivity contribution is 14.0. The van der Waals surface area contributed by atoms with Crippen molar-refractivity contribution in [1.82, 2.24) is 20.5 Å². The molecule has 0 bridgehead atoms. The number of fused-ring (bicyclic) bond motifs is 1. The average Bonchev–Trinajstić information content (AvgIpc) is 2.80. The summed E-state index contributed by atoms with van der Waals surface area (Å²) >= 11 is 0. The van der Waals surface area contributed by atoms with Gasteiger partial charge in [-0.05, 0) is 43.9 Å². The van der Waals surface area contributed by atoms with Gasteiger partial charge in [0.2, 0.25) is 0 Å². The monoisotopic (exact) mass is 543 g/mol. The maximum atomic E-state index is 4.88. The fraction of sp³-hybridized carbons (Fsp3) is 0.385. The van der Waals surface area contributed by atoms with Gasteiger partial charge in [0.15, 0.2) is 5.96 Å². The Hall–Kier alpha value is -2.19. The third kappa shape index (κ3) is 6.42. The molecule has 1 aromatic heterocycles. The highest BCUT2D eigenvalue weighted by atomic mass is 127. The Morgan fingerprint density at radius 2 is 1.91 bits per heavy atom. The number of nitrogens with zero attached hydrogens (tertiary/aromatic N) is 3. The normalized spacial score (nSPS) is 19.4. The molecule has 0 amide bonds. The predicted molar refractivity (Wildman–Crippen MR) is 144 cm³/mol. The van der Waals surface area contributed by atoms with Gasteiger partial charge in [-0.1, -0.05) is 54.6 Å². The predicted octanol–water partition coefficient (Wildman–Crippen LogP) is 4.96. The number of piperidine rings is 1. The quantitative estimate of drug-likeness (QED) is 0.262. The Labute approximate surface area is 208 Å². The van der Waals surface area contributed by atoms with Crippen LogP contribution in [0.2, 0.25) is 0 Å². The van der Waals surface area contributed by atoms with Gasteiger partial charge in [-0.3, -0.25) is 9.88 Å². The lowest BCUT2D eigenvalue weighted by Crippen LogP contribution is -2.51. The fourth-order valence-corrected chi connectivity index (χ4v) is 4.38. The van der Waals surface area contributed by atoms with Crippen LogP contribution in [-0.2, 0) is 13.1 Å². The first-order chi connectivity index (χ1) is 15.2. The molecule has 0 saturated carbocycles. The molecule has 2 N–H and O–H groups in total. The van der Waals surface area contributed by atoms with Crippen LogP contribution >= 0.6 is 24.0 Å². The Morgan fingerprint density at radius 1 is 1.09 bits per heavy atom. The van der Waals surface area contributed by atoms with Crippen molar-refractivity contribution >= 4 is 40.8 Å². The highest BCUT2D eigenvalue weighted by Gasteiger charge is 2.26. The molecule has 2 atom stereocenters. The van der Waals surface area contributed by atoms with Crippen molar-refractivity contribution < 1.29 is 0 Å². The van der Waals surface area contributed by atoms with E-state index in [-0.39, 0.29) is 24.0 Å². The number of rotatable bonds is 6. The van der Waals surface area contributed by atoms with Crippen LogP contribution in [0.5, 0.6) is 0 Å². The number of hydrogen-bond donors (Lipinski definition) is 2. The number of guanidine groups is 1. The first-order valence-electron chi connectivity index (χ1n) is 11.4. The largest absolute Gasteiger partial charge is 0.357 e. The molecule has 3 aromatic rings. The van der Waals surface area contributed by atoms with Crippen molar-refractivity contribution in [2.24, 2.45) is 4.99 Å². The molecule has 1 aliphatic rings. The second-order valence-corrected chi connectivity index (χ2v) is 8.36. The number of likely N-dealkylation sites (tertiary alicyclic amines) is 1. The molecule has 2 unspecified atom stereocenters. The van der Waals surface area contributed by atoms with Crippen molar-refractivity contribution in [3.63, 3.8) is 0 Å². The lowest BCUT2D eigenvalue weighted by Gasteiger charge is -2.38. The molecule has 0 spiro atoms. The zero-order chi connectivity index (χ0) is 21.5. The molecule has 0 radical (unpaired) electrons. The number of aromatic nitrogens is 1. The maximum absolute atomic E-state index is 4.88. The Balaban J connectivity index is 0.00000289. The summed E-state index contributed by atoms with van der Waals surface area (Å²) < 4.78 is 0. The van der Waals surface area contributed by atoms with Crippen molar-refractivity contribution in [2.75, 3.05) is 13.1 Å². The number of para-hydroxylation sites is 1. The van der Waals surface area contributed by atoms with Crippen LogP contribution < -0.4 is 10.6 Å². The van der Waals surface area contributed by atoms with Gasteiger partial charge >= 0.3 is 0 Å². The molecular formula is C26H34IN5. The zero-order valence-corrected chi connectivity index (χ0v) is 21.3. The van der Waals surface area contributed by atoms with E-state index in [1.54, 1.807) is 0 Å². The van der Waals surface area contributed by atoms with Gasteiger partial charge in [0, 0.05) is 43.3 Å². The molecule has 1 saturated heterocycles. The fourth-order valence-electron chi connectivity index (χ4n) is 4.38. The lowest BCUT2D eigenvalue weighted by atomic mass is 9.97. The van der Waals surface area contributed by atoms with E-state index in [9.17, 15) is 0 Å². The van der Waals surface area contributed by atoms with Gasteiger partial charge in [0.1, 0.15) is 0 Å². The summed E-state index contributed by atoms with van der Waals surface area (Å²) in [6.07, 6.45) is 4.09. The van der Waals surface area contributed by atoms with Crippen molar-refractivity contribution in [1.29, 1.82) is 0 Å². The summed E-state index contributed by atoms with van der Waals surface area (Å²) in [5.41, 5.74) is 3.58. The molecular weight excluding hydrogens is 509 g/mol. The second-order valence-electron chi connectivity index (χ2n) is 8.36. The van der Waals surface area contributed by atoms with Crippen LogP contribution in [0, 0.1) is 0 Å². The van der Waals surface area contributed by atoms with E-state index in [1.165, 1.54) is 5.56 Å². The summed E-state index contributed by atoms with van der Waals surface area (Å²) in [5.74, 6) is 0.893. The van der Waals surface area contributed by atoms with Crippen molar-refractivity contribution in [2.45, 2.75) is 51.9 Å². The Bertz CT molecular complexity index is 1000. The molecule has 5 nitrogen and oxygen atoms in total. The van der Waals surface area contributed by atoms with Crippen LogP contribution in [0.1, 0.15) is 37.8 Å². The van der Waals surface area contributed by atoms with Crippen molar-refractivity contribution in [3.05, 3.63) is 78.0 Å². The van der Waals surface area contributed by atoms with Crippen molar-refractivity contribution in [3.8, 4) is 0 Å². The number of benzene rings is 2. The first kappa shape index (κ1) is 24.5. The van der Waals surface area contributed by atoms with Crippen LogP contribution in [0.15, 0.2) is 71.9 Å². The van der Waals surface area contributed by atoms with E-state index in [2.05, 4.69) is 89.0 Å². The minimum atomic E-state index is 0. The van der Waals surface area contributed by atoms with Gasteiger partial charge in [-0.25, -0.2) is 4.99 Å². The summed E-state index contributed by atoms with van der Waals surface area (Å²) in [7, 11) is 0. The molecule has 0 aliphatic carbocycles. The standard InChI is InChI=1S/C26H33N5.HI/c1-3-27-26(29-18-23-12-7-11-22-13-8-15-28-25(22)23)30-24-14-16-31(20(2)17-24)19-21-9-5-4-6-10-21;/h4-13,15,20,24H,3,14,16-19H2,1-2H3,(H2,27,29,30);1H. The molecule has 1 aliphatic heterocycles. The summed E-state index contributed by atoms with van der Waals surface area (Å²) in [5, 5.41) is 8.26. The van der Waals surface area contributed by atoms with Gasteiger partial charge in [0.05, 0.1) is 12.1 Å². The zero-order valence-electron chi connectivity index (χ0n) is 19.0. The molecule has 1 fully saturated rings. The number of hydrogen-bond acceptors (Lipinski definition) is 3. The van der Waals surface area contributed by atoms with E-state index in [1.807, 2.05) is 12.3 Å². The number of pyridine rings is 1. The highest BCUT2D eigenvalue weighted by Crippen LogP contribution is 2.20. The van der Waals surface area contributed by atoms with Crippen LogP contribution in [0.4, 0.5) is 0 Å². The van der Waals surface area contributed by atoms with E-state index in [0.717, 1.165) is 54.9 Å². The second kappa shape index (κ2) is 12.2. The SMILES string of the molecule is CCNC(=NCc1cccc2cccnc12)NC1CCN(Cc2ccccc2)C(C)C1.I. The topological polar surface area (TPSA) is 52.6 Å². The Kier molecular flexibility index (Phi) is 9.29. The lowest BCUT2D eigenvalue weighted by molar-refractivity contribution is 0.134. The van der Waals surface area contributed by atoms with Gasteiger partial charge < -0.3 is 10.6 Å². The molecule has 4 rings (SSSR count). The summed E-state index contributed by atoms with van der Waals surface area (Å²) in [6, 6.07) is 22.1. The smallest absolute Gasteiger partial charge is 0.191 e. The number of nitrogens with one attached hydrogen (secondary N) is 2. The van der Waals surface area contributed by atoms with Gasteiger partial charge in [0.25, 0.3) is 0 Å². The third-order valence-electron chi connectivity index (χ3n) is 6.05. The van der Waals surface area contributed by atoms with Gasteiger partial charge in [-0.15, -0.1) is 24.0 Å². The van der Waals surface area contributed by atoms with E-state index in [4.69, 9.17) is 4.99 Å². The van der Waals surface area contributed by atoms with E-state index < -0.39 is 0 Å². The summed E-state index contributed by atoms with van der Waals surface area (Å²) in [6.45, 7) is 8.04. The van der Waals surface area contributed by atoms with Gasteiger partial charge in [-0.2, -0.15) is 0 Å². The average molecular weight is 543 g/mol. The molecule has 170 valence electrons. The molecule has 2 heterocycles. The number of aliphatic imine (C=N–C) groups is 1. The minimum absolute atomic E-state index is 0. The molecule has 2 aromatic carbocycles. The van der Waals surface area contributed by atoms with E-state index >= 15 is 0 Å². The maximum Gasteiger partial charge on any atom is 0.191 e.